The van der Waals surface area contributed by atoms with Gasteiger partial charge in [-0.15, -0.1) is 0 Å². The number of hydrogen-bond acceptors (Lipinski definition) is 3. The second-order valence-electron chi connectivity index (χ2n) is 7.72. The average Bonchev–Trinajstić information content (AvgIpc) is 2.68. The maximum Gasteiger partial charge on any atom is 0.258 e. The van der Waals surface area contributed by atoms with E-state index in [1.165, 1.54) is 12.1 Å². The topological polar surface area (TPSA) is 75.3 Å². The normalized spacial score (nSPS) is 22.0. The van der Waals surface area contributed by atoms with Gasteiger partial charge in [0.05, 0.1) is 21.2 Å². The summed E-state index contributed by atoms with van der Waals surface area (Å²) in [4.78, 5) is 12.4. The van der Waals surface area contributed by atoms with Crippen LogP contribution in [-0.4, -0.2) is 20.4 Å². The molecule has 0 bridgehead atoms. The molecule has 0 spiro atoms. The van der Waals surface area contributed by atoms with Crippen LogP contribution in [0.1, 0.15) is 43.5 Å². The van der Waals surface area contributed by atoms with Gasteiger partial charge in [-0.05, 0) is 54.7 Å². The van der Waals surface area contributed by atoms with Crippen LogP contribution in [0.2, 0.25) is 10.0 Å². The Morgan fingerprint density at radius 1 is 1.10 bits per heavy atom. The molecule has 1 aliphatic rings. The zero-order valence-electron chi connectivity index (χ0n) is 16.6. The molecule has 0 aliphatic heterocycles. The van der Waals surface area contributed by atoms with Crippen molar-refractivity contribution in [2.24, 2.45) is 11.8 Å². The minimum atomic E-state index is -3.92. The van der Waals surface area contributed by atoms with Crippen molar-refractivity contribution in [2.75, 3.05) is 5.32 Å². The molecule has 9 heteroatoms. The molecule has 1 fully saturated rings. The van der Waals surface area contributed by atoms with Gasteiger partial charge in [0.2, 0.25) is 10.0 Å². The predicted molar refractivity (Wildman–Crippen MR) is 117 cm³/mol. The first kappa shape index (κ1) is 23.0. The molecule has 2 N–H and O–H groups in total. The number of carbonyl (C=O) groups excluding carboxylic acids is 1. The minimum Gasteiger partial charge on any atom is -0.320 e. The summed E-state index contributed by atoms with van der Waals surface area (Å²) in [5.74, 6) is -1.08. The molecule has 1 aliphatic carbocycles. The van der Waals surface area contributed by atoms with Crippen LogP contribution in [0.5, 0.6) is 0 Å². The van der Waals surface area contributed by atoms with Crippen molar-refractivity contribution in [3.05, 3.63) is 57.8 Å². The number of amides is 1. The van der Waals surface area contributed by atoms with Crippen LogP contribution >= 0.6 is 23.2 Å². The Labute approximate surface area is 186 Å². The van der Waals surface area contributed by atoms with Crippen LogP contribution in [-0.2, 0) is 10.0 Å². The van der Waals surface area contributed by atoms with Crippen molar-refractivity contribution in [1.82, 2.24) is 4.72 Å². The number of hydrogen-bond donors (Lipinski definition) is 2. The summed E-state index contributed by atoms with van der Waals surface area (Å²) in [7, 11) is -3.92. The lowest BCUT2D eigenvalue weighted by Crippen LogP contribution is -2.43. The Hall–Kier alpha value is -1.67. The van der Waals surface area contributed by atoms with E-state index >= 15 is 0 Å². The van der Waals surface area contributed by atoms with E-state index in [0.29, 0.717) is 10.9 Å². The van der Waals surface area contributed by atoms with Gasteiger partial charge in [-0.1, -0.05) is 49.9 Å². The zero-order valence-corrected chi connectivity index (χ0v) is 18.9. The molecule has 0 saturated heterocycles. The number of benzene rings is 2. The van der Waals surface area contributed by atoms with Crippen LogP contribution in [0.15, 0.2) is 41.3 Å². The van der Waals surface area contributed by atoms with Crippen molar-refractivity contribution in [3.8, 4) is 0 Å². The monoisotopic (exact) mass is 472 g/mol. The van der Waals surface area contributed by atoms with Crippen LogP contribution in [0, 0.1) is 17.7 Å². The Balaban J connectivity index is 1.85. The standard InChI is InChI=1S/C21H23Cl2FN2O3S/c1-12-4-3-5-19(13(12)2)26-30(28,29)15-7-9-18(24)16(11-15)21(27)25-20-10-14(22)6-8-17(20)23/h6-13,19,26H,3-5H2,1-2H3,(H,25,27)/t12-,13+,19-/m1/s1. The molecule has 0 aromatic heterocycles. The summed E-state index contributed by atoms with van der Waals surface area (Å²) in [5, 5.41) is 3.03. The Kier molecular flexibility index (Phi) is 7.07. The highest BCUT2D eigenvalue weighted by Gasteiger charge is 2.31. The molecule has 5 nitrogen and oxygen atoms in total. The first-order valence-electron chi connectivity index (χ1n) is 9.67. The Morgan fingerprint density at radius 2 is 1.83 bits per heavy atom. The highest BCUT2D eigenvalue weighted by molar-refractivity contribution is 7.89. The van der Waals surface area contributed by atoms with E-state index < -0.39 is 27.3 Å². The molecule has 1 saturated carbocycles. The molecule has 0 radical (unpaired) electrons. The van der Waals surface area contributed by atoms with E-state index in [-0.39, 0.29) is 27.6 Å². The number of carbonyl (C=O) groups is 1. The summed E-state index contributed by atoms with van der Waals surface area (Å²) in [6, 6.07) is 7.41. The molecule has 2 aromatic rings. The van der Waals surface area contributed by atoms with Crippen molar-refractivity contribution in [2.45, 2.75) is 44.0 Å². The highest BCUT2D eigenvalue weighted by Crippen LogP contribution is 2.31. The molecule has 0 heterocycles. The van der Waals surface area contributed by atoms with Crippen molar-refractivity contribution in [3.63, 3.8) is 0 Å². The minimum absolute atomic E-state index is 0.170. The first-order chi connectivity index (χ1) is 14.1. The zero-order chi connectivity index (χ0) is 22.1. The Morgan fingerprint density at radius 3 is 2.57 bits per heavy atom. The van der Waals surface area contributed by atoms with Crippen molar-refractivity contribution < 1.29 is 17.6 Å². The third-order valence-electron chi connectivity index (χ3n) is 5.68. The van der Waals surface area contributed by atoms with Gasteiger partial charge in [-0.25, -0.2) is 17.5 Å². The van der Waals surface area contributed by atoms with Crippen LogP contribution < -0.4 is 10.0 Å². The highest BCUT2D eigenvalue weighted by atomic mass is 35.5. The van der Waals surface area contributed by atoms with Gasteiger partial charge in [-0.3, -0.25) is 4.79 Å². The summed E-state index contributed by atoms with van der Waals surface area (Å²) in [5.41, 5.74) is -0.205. The smallest absolute Gasteiger partial charge is 0.258 e. The summed E-state index contributed by atoms with van der Waals surface area (Å²) < 4.78 is 42.8. The lowest BCUT2D eigenvalue weighted by atomic mass is 9.78. The molecule has 1 amide bonds. The van der Waals surface area contributed by atoms with E-state index in [9.17, 15) is 17.6 Å². The van der Waals surface area contributed by atoms with Gasteiger partial charge in [0.25, 0.3) is 5.91 Å². The van der Waals surface area contributed by atoms with Gasteiger partial charge in [0.15, 0.2) is 0 Å². The second kappa shape index (κ2) is 9.22. The lowest BCUT2D eigenvalue weighted by molar-refractivity contribution is 0.102. The van der Waals surface area contributed by atoms with E-state index in [0.717, 1.165) is 37.5 Å². The second-order valence-corrected chi connectivity index (χ2v) is 10.3. The Bertz CT molecular complexity index is 1060. The SMILES string of the molecule is C[C@H]1[C@H](C)CCC[C@H]1NS(=O)(=O)c1ccc(F)c(C(=O)Nc2cc(Cl)ccc2Cl)c1. The average molecular weight is 473 g/mol. The molecule has 162 valence electrons. The predicted octanol–water partition coefficient (Wildman–Crippen LogP) is 5.49. The quantitative estimate of drug-likeness (QED) is 0.603. The molecule has 0 unspecified atom stereocenters. The molecule has 3 atom stereocenters. The van der Waals surface area contributed by atoms with Crippen LogP contribution in [0.3, 0.4) is 0 Å². The van der Waals surface area contributed by atoms with Gasteiger partial charge in [0, 0.05) is 11.1 Å². The third-order valence-corrected chi connectivity index (χ3v) is 7.73. The number of nitrogens with one attached hydrogen (secondary N) is 2. The maximum atomic E-state index is 14.3. The van der Waals surface area contributed by atoms with Gasteiger partial charge in [0.1, 0.15) is 5.82 Å². The van der Waals surface area contributed by atoms with E-state index in [2.05, 4.69) is 17.0 Å². The fourth-order valence-electron chi connectivity index (χ4n) is 3.64. The van der Waals surface area contributed by atoms with Gasteiger partial charge < -0.3 is 5.32 Å². The largest absolute Gasteiger partial charge is 0.320 e. The van der Waals surface area contributed by atoms with Gasteiger partial charge >= 0.3 is 0 Å². The van der Waals surface area contributed by atoms with E-state index in [1.54, 1.807) is 6.07 Å². The lowest BCUT2D eigenvalue weighted by Gasteiger charge is -2.34. The molecule has 30 heavy (non-hydrogen) atoms. The number of halogens is 3. The first-order valence-corrected chi connectivity index (χ1v) is 11.9. The number of anilines is 1. The van der Waals surface area contributed by atoms with E-state index in [4.69, 9.17) is 23.2 Å². The van der Waals surface area contributed by atoms with Crippen molar-refractivity contribution >= 4 is 44.8 Å². The van der Waals surface area contributed by atoms with Gasteiger partial charge in [-0.2, -0.15) is 0 Å². The van der Waals surface area contributed by atoms with E-state index in [1.807, 2.05) is 6.92 Å². The third kappa shape index (κ3) is 5.14. The molecular formula is C21H23Cl2FN2O3S. The maximum absolute atomic E-state index is 14.3. The van der Waals surface area contributed by atoms with Crippen LogP contribution in [0.4, 0.5) is 10.1 Å². The summed E-state index contributed by atoms with van der Waals surface area (Å²) in [6.45, 7) is 4.13. The van der Waals surface area contributed by atoms with Crippen LogP contribution in [0.25, 0.3) is 0 Å². The fraction of sp³-hybridized carbons (Fsp3) is 0.381. The summed E-state index contributed by atoms with van der Waals surface area (Å²) >= 11 is 11.9. The van der Waals surface area contributed by atoms with Crippen molar-refractivity contribution in [1.29, 1.82) is 0 Å². The number of sulfonamides is 1. The number of rotatable bonds is 5. The molecule has 3 rings (SSSR count). The molecular weight excluding hydrogens is 450 g/mol. The fourth-order valence-corrected chi connectivity index (χ4v) is 5.37. The summed E-state index contributed by atoms with van der Waals surface area (Å²) in [6.07, 6.45) is 2.75. The molecule has 2 aromatic carbocycles.